The van der Waals surface area contributed by atoms with Gasteiger partial charge in [0.2, 0.25) is 0 Å². The van der Waals surface area contributed by atoms with E-state index in [-0.39, 0.29) is 0 Å². The molecule has 0 bridgehead atoms. The lowest BCUT2D eigenvalue weighted by atomic mass is 10.1. The Bertz CT molecular complexity index is 525. The van der Waals surface area contributed by atoms with Gasteiger partial charge in [0.1, 0.15) is 18.5 Å². The molecule has 0 amide bonds. The van der Waals surface area contributed by atoms with Crippen molar-refractivity contribution < 1.29 is 9.84 Å². The van der Waals surface area contributed by atoms with E-state index in [1.807, 2.05) is 30.3 Å². The summed E-state index contributed by atoms with van der Waals surface area (Å²) in [5.74, 6) is 0.794. The lowest BCUT2D eigenvalue weighted by molar-refractivity contribution is 0.105. The van der Waals surface area contributed by atoms with Crippen molar-refractivity contribution in [1.29, 1.82) is 0 Å². The fraction of sp³-hybridized carbons (Fsp3) is 0.375. The molecular formula is C16H21NO2. The first-order chi connectivity index (χ1) is 9.15. The molecule has 0 fully saturated rings. The van der Waals surface area contributed by atoms with Crippen LogP contribution in [0.25, 0.3) is 10.8 Å². The highest BCUT2D eigenvalue weighted by Gasteiger charge is 2.06. The molecule has 0 radical (unpaired) electrons. The molecule has 0 saturated carbocycles. The Labute approximate surface area is 114 Å². The van der Waals surface area contributed by atoms with Gasteiger partial charge in [-0.15, -0.1) is 0 Å². The predicted octanol–water partition coefficient (Wildman–Crippen LogP) is 2.58. The van der Waals surface area contributed by atoms with Gasteiger partial charge >= 0.3 is 0 Å². The van der Waals surface area contributed by atoms with Crippen molar-refractivity contribution >= 4 is 10.8 Å². The Hall–Kier alpha value is -1.58. The molecule has 2 N–H and O–H groups in total. The maximum atomic E-state index is 9.79. The third-order valence-corrected chi connectivity index (χ3v) is 2.93. The van der Waals surface area contributed by atoms with Crippen LogP contribution in [0.3, 0.4) is 0 Å². The number of hydrogen-bond acceptors (Lipinski definition) is 3. The van der Waals surface area contributed by atoms with Crippen molar-refractivity contribution in [3.8, 4) is 5.75 Å². The molecule has 2 aromatic carbocycles. The Morgan fingerprint density at radius 2 is 1.84 bits per heavy atom. The Kier molecular flexibility index (Phi) is 4.77. The van der Waals surface area contributed by atoms with Gasteiger partial charge in [0.05, 0.1) is 0 Å². The second kappa shape index (κ2) is 6.55. The zero-order valence-electron chi connectivity index (χ0n) is 11.5. The molecule has 0 saturated heterocycles. The summed E-state index contributed by atoms with van der Waals surface area (Å²) in [6.07, 6.45) is -0.492. The van der Waals surface area contributed by atoms with Crippen LogP contribution in [0.15, 0.2) is 42.5 Å². The molecule has 3 nitrogen and oxygen atoms in total. The number of rotatable bonds is 6. The minimum atomic E-state index is -0.492. The number of aliphatic hydroxyl groups is 1. The van der Waals surface area contributed by atoms with Crippen molar-refractivity contribution in [2.75, 3.05) is 13.2 Å². The van der Waals surface area contributed by atoms with Crippen molar-refractivity contribution in [2.45, 2.75) is 26.0 Å². The molecule has 0 unspecified atom stereocenters. The van der Waals surface area contributed by atoms with Gasteiger partial charge in [-0.1, -0.05) is 44.2 Å². The average Bonchev–Trinajstić information content (AvgIpc) is 2.42. The van der Waals surface area contributed by atoms with E-state index in [1.165, 1.54) is 5.39 Å². The van der Waals surface area contributed by atoms with E-state index in [4.69, 9.17) is 4.74 Å². The molecule has 102 valence electrons. The minimum absolute atomic E-state index is 0.304. The number of benzene rings is 2. The normalized spacial score (nSPS) is 12.8. The third kappa shape index (κ3) is 4.23. The quantitative estimate of drug-likeness (QED) is 0.838. The molecule has 0 aliphatic heterocycles. The molecule has 0 heterocycles. The molecule has 0 spiro atoms. The molecule has 0 aliphatic carbocycles. The van der Waals surface area contributed by atoms with E-state index in [0.717, 1.165) is 11.1 Å². The standard InChI is InChI=1S/C16H21NO2/c1-12(2)17-10-15(18)11-19-16-8-7-13-5-3-4-6-14(13)9-16/h3-9,12,15,17-18H,10-11H2,1-2H3/t15-/m0/s1. The van der Waals surface area contributed by atoms with Crippen LogP contribution in [0.2, 0.25) is 0 Å². The molecule has 2 aromatic rings. The van der Waals surface area contributed by atoms with Crippen LogP contribution in [-0.2, 0) is 0 Å². The van der Waals surface area contributed by atoms with Crippen molar-refractivity contribution in [1.82, 2.24) is 5.32 Å². The van der Waals surface area contributed by atoms with Crippen molar-refractivity contribution in [3.63, 3.8) is 0 Å². The fourth-order valence-corrected chi connectivity index (χ4v) is 1.88. The van der Waals surface area contributed by atoms with Gasteiger partial charge in [0.25, 0.3) is 0 Å². The Morgan fingerprint density at radius 3 is 2.58 bits per heavy atom. The molecule has 0 aliphatic rings. The first kappa shape index (κ1) is 13.8. The monoisotopic (exact) mass is 259 g/mol. The van der Waals surface area contributed by atoms with Crippen LogP contribution in [0.1, 0.15) is 13.8 Å². The number of nitrogens with one attached hydrogen (secondary N) is 1. The summed E-state index contributed by atoms with van der Waals surface area (Å²) >= 11 is 0. The smallest absolute Gasteiger partial charge is 0.120 e. The average molecular weight is 259 g/mol. The van der Waals surface area contributed by atoms with Gasteiger partial charge in [-0.2, -0.15) is 0 Å². The van der Waals surface area contributed by atoms with Crippen LogP contribution >= 0.6 is 0 Å². The van der Waals surface area contributed by atoms with Crippen molar-refractivity contribution in [2.24, 2.45) is 0 Å². The summed E-state index contributed by atoms with van der Waals surface area (Å²) in [5, 5.41) is 15.3. The largest absolute Gasteiger partial charge is 0.491 e. The molecule has 2 rings (SSSR count). The SMILES string of the molecule is CC(C)NC[C@H](O)COc1ccc2ccccc2c1. The third-order valence-electron chi connectivity index (χ3n) is 2.93. The second-order valence-electron chi connectivity index (χ2n) is 5.04. The highest BCUT2D eigenvalue weighted by Crippen LogP contribution is 2.20. The van der Waals surface area contributed by atoms with Crippen LogP contribution in [0.4, 0.5) is 0 Å². The van der Waals surface area contributed by atoms with Gasteiger partial charge in [0, 0.05) is 12.6 Å². The van der Waals surface area contributed by atoms with E-state index in [0.29, 0.717) is 19.2 Å². The van der Waals surface area contributed by atoms with Crippen LogP contribution < -0.4 is 10.1 Å². The summed E-state index contributed by atoms with van der Waals surface area (Å²) < 4.78 is 5.62. The zero-order chi connectivity index (χ0) is 13.7. The van der Waals surface area contributed by atoms with E-state index in [2.05, 4.69) is 31.3 Å². The second-order valence-corrected chi connectivity index (χ2v) is 5.04. The minimum Gasteiger partial charge on any atom is -0.491 e. The van der Waals surface area contributed by atoms with Gasteiger partial charge in [0.15, 0.2) is 0 Å². The first-order valence-corrected chi connectivity index (χ1v) is 6.68. The summed E-state index contributed by atoms with van der Waals surface area (Å²) in [7, 11) is 0. The summed E-state index contributed by atoms with van der Waals surface area (Å²) in [5.41, 5.74) is 0. The number of ether oxygens (including phenoxy) is 1. The molecule has 3 heteroatoms. The molecular weight excluding hydrogens is 238 g/mol. The molecule has 19 heavy (non-hydrogen) atoms. The number of aliphatic hydroxyl groups excluding tert-OH is 1. The van der Waals surface area contributed by atoms with Crippen LogP contribution in [0.5, 0.6) is 5.75 Å². The van der Waals surface area contributed by atoms with Crippen LogP contribution in [-0.4, -0.2) is 30.4 Å². The summed E-state index contributed by atoms with van der Waals surface area (Å²) in [4.78, 5) is 0. The Balaban J connectivity index is 1.90. The number of fused-ring (bicyclic) bond motifs is 1. The van der Waals surface area contributed by atoms with Crippen LogP contribution in [0, 0.1) is 0 Å². The van der Waals surface area contributed by atoms with Gasteiger partial charge in [-0.25, -0.2) is 0 Å². The number of hydrogen-bond donors (Lipinski definition) is 2. The Morgan fingerprint density at radius 1 is 1.11 bits per heavy atom. The highest BCUT2D eigenvalue weighted by molar-refractivity contribution is 5.83. The lowest BCUT2D eigenvalue weighted by Gasteiger charge is -2.15. The maximum Gasteiger partial charge on any atom is 0.120 e. The fourth-order valence-electron chi connectivity index (χ4n) is 1.88. The van der Waals surface area contributed by atoms with E-state index in [1.54, 1.807) is 0 Å². The lowest BCUT2D eigenvalue weighted by Crippen LogP contribution is -2.35. The highest BCUT2D eigenvalue weighted by atomic mass is 16.5. The van der Waals surface area contributed by atoms with Gasteiger partial charge in [-0.05, 0) is 22.9 Å². The maximum absolute atomic E-state index is 9.79. The first-order valence-electron chi connectivity index (χ1n) is 6.68. The summed E-state index contributed by atoms with van der Waals surface area (Å²) in [6.45, 7) is 4.96. The molecule has 0 aromatic heterocycles. The van der Waals surface area contributed by atoms with Gasteiger partial charge < -0.3 is 15.2 Å². The van der Waals surface area contributed by atoms with E-state index in [9.17, 15) is 5.11 Å². The summed E-state index contributed by atoms with van der Waals surface area (Å²) in [6, 6.07) is 14.5. The van der Waals surface area contributed by atoms with Crippen molar-refractivity contribution in [3.05, 3.63) is 42.5 Å². The molecule has 1 atom stereocenters. The zero-order valence-corrected chi connectivity index (χ0v) is 11.5. The topological polar surface area (TPSA) is 41.5 Å². The van der Waals surface area contributed by atoms with E-state index >= 15 is 0 Å². The predicted molar refractivity (Wildman–Crippen MR) is 78.6 cm³/mol. The van der Waals surface area contributed by atoms with Gasteiger partial charge in [-0.3, -0.25) is 0 Å². The van der Waals surface area contributed by atoms with E-state index < -0.39 is 6.10 Å².